The van der Waals surface area contributed by atoms with E-state index in [2.05, 4.69) is 5.32 Å². The molecule has 6 atom stereocenters. The molecule has 0 radical (unpaired) electrons. The van der Waals surface area contributed by atoms with Crippen LogP contribution in [0.5, 0.6) is 0 Å². The van der Waals surface area contributed by atoms with Gasteiger partial charge in [-0.3, -0.25) is 9.59 Å². The molecule has 1 amide bonds. The summed E-state index contributed by atoms with van der Waals surface area (Å²) in [5.41, 5.74) is 0.855. The highest BCUT2D eigenvalue weighted by molar-refractivity contribution is 8.01. The summed E-state index contributed by atoms with van der Waals surface area (Å²) >= 11 is 6.79. The van der Waals surface area contributed by atoms with Gasteiger partial charge in [0.05, 0.1) is 26.4 Å². The molecule has 0 unspecified atom stereocenters. The SMILES string of the molecule is COC(=O)[C@]1(Sc2ccccc2)C[C@@H]2OC(=O)N[C@H]2[C@H]([C@H](OC(C)=O)[C@@H](COCc2ccccc2)OC(=O)CCl)O1. The summed E-state index contributed by atoms with van der Waals surface area (Å²) in [6.07, 6.45) is -5.48. The summed E-state index contributed by atoms with van der Waals surface area (Å²) in [5.74, 6) is -2.74. The van der Waals surface area contributed by atoms with Gasteiger partial charge in [0.1, 0.15) is 18.1 Å². The third-order valence-corrected chi connectivity index (χ3v) is 7.88. The van der Waals surface area contributed by atoms with Crippen molar-refractivity contribution in [1.82, 2.24) is 5.32 Å². The maximum absolute atomic E-state index is 13.3. The van der Waals surface area contributed by atoms with Gasteiger partial charge in [0.2, 0.25) is 4.93 Å². The fourth-order valence-electron chi connectivity index (χ4n) is 4.70. The number of carbonyl (C=O) groups is 4. The van der Waals surface area contributed by atoms with Crippen LogP contribution < -0.4 is 5.32 Å². The highest BCUT2D eigenvalue weighted by atomic mass is 35.5. The highest BCUT2D eigenvalue weighted by Crippen LogP contribution is 2.46. The predicted octanol–water partition coefficient (Wildman–Crippen LogP) is 3.21. The topological polar surface area (TPSA) is 136 Å². The number of methoxy groups -OCH3 is 1. The molecule has 2 aromatic rings. The van der Waals surface area contributed by atoms with Gasteiger partial charge in [-0.1, -0.05) is 60.3 Å². The zero-order valence-electron chi connectivity index (χ0n) is 22.4. The molecule has 4 rings (SSSR count). The van der Waals surface area contributed by atoms with Gasteiger partial charge in [0.25, 0.3) is 0 Å². The third kappa shape index (κ3) is 7.70. The molecule has 0 aromatic heterocycles. The number of benzene rings is 2. The first kappa shape index (κ1) is 30.6. The minimum atomic E-state index is -1.71. The Bertz CT molecular complexity index is 1220. The molecule has 220 valence electrons. The fourth-order valence-corrected chi connectivity index (χ4v) is 6.01. The van der Waals surface area contributed by atoms with E-state index < -0.39 is 65.3 Å². The van der Waals surface area contributed by atoms with E-state index in [1.807, 2.05) is 36.4 Å². The summed E-state index contributed by atoms with van der Waals surface area (Å²) in [7, 11) is 1.21. The molecule has 2 aliphatic rings. The lowest BCUT2D eigenvalue weighted by Gasteiger charge is -2.45. The number of ether oxygens (including phenoxy) is 6. The second-order valence-corrected chi connectivity index (χ2v) is 10.9. The second kappa shape index (κ2) is 14.0. The van der Waals surface area contributed by atoms with Gasteiger partial charge >= 0.3 is 24.0 Å². The van der Waals surface area contributed by atoms with Crippen LogP contribution in [0.2, 0.25) is 0 Å². The van der Waals surface area contributed by atoms with E-state index in [9.17, 15) is 19.2 Å². The predicted molar refractivity (Wildman–Crippen MR) is 146 cm³/mol. The third-order valence-electron chi connectivity index (χ3n) is 6.39. The molecule has 0 saturated carbocycles. The number of carbonyl (C=O) groups excluding carboxylic acids is 4. The largest absolute Gasteiger partial charge is 0.466 e. The molecular weight excluding hydrogens is 578 g/mol. The Balaban J connectivity index is 1.70. The van der Waals surface area contributed by atoms with E-state index in [-0.39, 0.29) is 19.6 Å². The van der Waals surface area contributed by atoms with Crippen LogP contribution in [-0.2, 0) is 49.4 Å². The van der Waals surface area contributed by atoms with Gasteiger partial charge in [-0.25, -0.2) is 9.59 Å². The van der Waals surface area contributed by atoms with Crippen molar-refractivity contribution in [3.63, 3.8) is 0 Å². The summed E-state index contributed by atoms with van der Waals surface area (Å²) in [4.78, 5) is 49.4. The summed E-state index contributed by atoms with van der Waals surface area (Å²) in [6, 6.07) is 17.4. The van der Waals surface area contributed by atoms with E-state index in [0.29, 0.717) is 4.90 Å². The van der Waals surface area contributed by atoms with Gasteiger partial charge < -0.3 is 33.7 Å². The van der Waals surface area contributed by atoms with E-state index in [0.717, 1.165) is 17.3 Å². The normalized spacial score (nSPS) is 24.7. The molecule has 0 aliphatic carbocycles. The Morgan fingerprint density at radius 1 is 1.10 bits per heavy atom. The fraction of sp³-hybridized carbons (Fsp3) is 0.429. The molecule has 2 aromatic carbocycles. The minimum Gasteiger partial charge on any atom is -0.466 e. The molecule has 2 fully saturated rings. The minimum absolute atomic E-state index is 0.0669. The van der Waals surface area contributed by atoms with Gasteiger partial charge in [0, 0.05) is 18.2 Å². The van der Waals surface area contributed by atoms with Crippen LogP contribution in [-0.4, -0.2) is 79.0 Å². The average molecular weight is 608 g/mol. The lowest BCUT2D eigenvalue weighted by atomic mass is 9.90. The molecule has 0 spiro atoms. The lowest BCUT2D eigenvalue weighted by molar-refractivity contribution is -0.214. The number of nitrogens with one attached hydrogen (secondary N) is 1. The number of hydrogen-bond donors (Lipinski definition) is 1. The van der Waals surface area contributed by atoms with Crippen LogP contribution in [0.1, 0.15) is 18.9 Å². The van der Waals surface area contributed by atoms with Crippen LogP contribution >= 0.6 is 23.4 Å². The van der Waals surface area contributed by atoms with Gasteiger partial charge in [-0.05, 0) is 17.7 Å². The summed E-state index contributed by atoms with van der Waals surface area (Å²) < 4.78 is 34.2. The van der Waals surface area contributed by atoms with Crippen LogP contribution in [0.4, 0.5) is 4.79 Å². The molecule has 41 heavy (non-hydrogen) atoms. The zero-order valence-corrected chi connectivity index (χ0v) is 23.9. The van der Waals surface area contributed by atoms with Crippen molar-refractivity contribution in [2.24, 2.45) is 0 Å². The van der Waals surface area contributed by atoms with E-state index >= 15 is 0 Å². The van der Waals surface area contributed by atoms with Crippen molar-refractivity contribution in [2.75, 3.05) is 19.6 Å². The van der Waals surface area contributed by atoms with E-state index in [1.165, 1.54) is 14.0 Å². The Hall–Kier alpha value is -3.32. The van der Waals surface area contributed by atoms with Crippen LogP contribution in [0, 0.1) is 0 Å². The number of halogens is 1. The zero-order chi connectivity index (χ0) is 29.4. The van der Waals surface area contributed by atoms with Crippen molar-refractivity contribution in [2.45, 2.75) is 60.2 Å². The Morgan fingerprint density at radius 3 is 2.41 bits per heavy atom. The van der Waals surface area contributed by atoms with Crippen molar-refractivity contribution < 1.29 is 47.6 Å². The second-order valence-electron chi connectivity index (χ2n) is 9.30. The summed E-state index contributed by atoms with van der Waals surface area (Å²) in [5, 5.41) is 2.68. The van der Waals surface area contributed by atoms with E-state index in [4.69, 9.17) is 40.0 Å². The highest BCUT2D eigenvalue weighted by Gasteiger charge is 2.60. The number of fused-ring (bicyclic) bond motifs is 1. The van der Waals surface area contributed by atoms with Gasteiger partial charge in [0.15, 0.2) is 12.2 Å². The Labute approximate surface area is 246 Å². The number of thioether (sulfide) groups is 1. The first-order valence-electron chi connectivity index (χ1n) is 12.8. The molecule has 13 heteroatoms. The molecular formula is C28H30ClNO10S. The smallest absolute Gasteiger partial charge is 0.407 e. The van der Waals surface area contributed by atoms with Gasteiger partial charge in [-0.15, -0.1) is 11.6 Å². The van der Waals surface area contributed by atoms with Gasteiger partial charge in [-0.2, -0.15) is 0 Å². The van der Waals surface area contributed by atoms with Crippen molar-refractivity contribution in [1.29, 1.82) is 0 Å². The number of rotatable bonds is 12. The molecule has 0 bridgehead atoms. The maximum Gasteiger partial charge on any atom is 0.407 e. The molecule has 1 N–H and O–H groups in total. The average Bonchev–Trinajstić information content (AvgIpc) is 3.35. The number of esters is 3. The Morgan fingerprint density at radius 2 is 1.78 bits per heavy atom. The molecule has 2 aliphatic heterocycles. The van der Waals surface area contributed by atoms with Crippen LogP contribution in [0.3, 0.4) is 0 Å². The summed E-state index contributed by atoms with van der Waals surface area (Å²) in [6.45, 7) is 1.11. The van der Waals surface area contributed by atoms with Crippen LogP contribution in [0.15, 0.2) is 65.6 Å². The van der Waals surface area contributed by atoms with E-state index in [1.54, 1.807) is 24.3 Å². The first-order valence-corrected chi connectivity index (χ1v) is 14.1. The van der Waals surface area contributed by atoms with Crippen molar-refractivity contribution in [3.8, 4) is 0 Å². The molecule has 11 nitrogen and oxygen atoms in total. The van der Waals surface area contributed by atoms with Crippen molar-refractivity contribution >= 4 is 47.4 Å². The molecule has 2 saturated heterocycles. The van der Waals surface area contributed by atoms with Crippen LogP contribution in [0.25, 0.3) is 0 Å². The number of hydrogen-bond acceptors (Lipinski definition) is 11. The number of amides is 1. The Kier molecular flexibility index (Phi) is 10.5. The first-order chi connectivity index (χ1) is 19.7. The lowest BCUT2D eigenvalue weighted by Crippen LogP contribution is -2.64. The maximum atomic E-state index is 13.3. The standard InChI is InChI=1S/C28H30ClNO10S/c1-17(31)37-24(21(38-22(32)14-29)16-36-15-18-9-5-3-6-10-18)25-23-20(39-27(34)30-23)13-28(40-25,26(33)35-2)41-19-11-7-4-8-12-19/h3-12,20-21,23-25H,13-16H2,1-2H3,(H,30,34)/t20-,21+,23+,24+,25+,28+/m0/s1. The number of alkyl carbamates (subject to hydrolysis) is 1. The number of alkyl halides is 1. The van der Waals surface area contributed by atoms with Crippen molar-refractivity contribution in [3.05, 3.63) is 66.2 Å². The quantitative estimate of drug-likeness (QED) is 0.216. The monoisotopic (exact) mass is 607 g/mol. The molecule has 2 heterocycles.